The number of halogens is 2. The highest BCUT2D eigenvalue weighted by molar-refractivity contribution is 9.49. The molecule has 1 aliphatic carbocycles. The second-order valence-electron chi connectivity index (χ2n) is 1.52. The van der Waals surface area contributed by atoms with Crippen molar-refractivity contribution in [3.63, 3.8) is 0 Å². The number of hydrogen-bond acceptors (Lipinski definition) is 0. The van der Waals surface area contributed by atoms with Gasteiger partial charge in [-0.15, -0.1) is 31.5 Å². The van der Waals surface area contributed by atoms with Gasteiger partial charge in [-0.05, 0) is 31.5 Å². The molecule has 0 nitrogen and oxygen atoms in total. The van der Waals surface area contributed by atoms with Gasteiger partial charge in [0, 0.05) is 0 Å². The molecule has 1 saturated carbocycles. The summed E-state index contributed by atoms with van der Waals surface area (Å²) < 4.78 is 0.310. The van der Waals surface area contributed by atoms with E-state index in [9.17, 15) is 0 Å². The Morgan fingerprint density at radius 3 is 1.88 bits per heavy atom. The smallest absolute Gasteiger partial charge is 0.139 e. The van der Waals surface area contributed by atoms with Crippen LogP contribution < -0.4 is 0 Å². The molecule has 5 radical (unpaired) electrons. The molecule has 0 spiro atoms. The molecule has 1 rings (SSSR count). The van der Waals surface area contributed by atoms with Crippen LogP contribution in [0.15, 0.2) is 0 Å². The maximum atomic E-state index is 3.38. The van der Waals surface area contributed by atoms with Gasteiger partial charge in [0.1, 0.15) is 0 Å². The molecule has 0 aromatic rings. The zero-order valence-electron chi connectivity index (χ0n) is 4.14. The monoisotopic (exact) mass is 233 g/mol. The first-order valence-corrected chi connectivity index (χ1v) is 4.13. The van der Waals surface area contributed by atoms with Gasteiger partial charge in [-0.25, -0.2) is 0 Å². The maximum Gasteiger partial charge on any atom is 0.305 e. The van der Waals surface area contributed by atoms with Gasteiger partial charge in [0.05, 0.1) is 0 Å². The Kier molecular flexibility index (Phi) is 2.91. The molecule has 0 aromatic carbocycles. The van der Waals surface area contributed by atoms with E-state index in [4.69, 9.17) is 0 Å². The summed E-state index contributed by atoms with van der Waals surface area (Å²) in [7, 11) is 0. The minimum Gasteiger partial charge on any atom is -0.139 e. The average molecular weight is 235 g/mol. The Bertz CT molecular complexity index is 68.8. The van der Waals surface area contributed by atoms with Gasteiger partial charge in [0.25, 0.3) is 0 Å². The van der Waals surface area contributed by atoms with E-state index in [1.807, 2.05) is 12.8 Å². The first-order chi connectivity index (χ1) is 3.80. The summed E-state index contributed by atoms with van der Waals surface area (Å²) in [6, 6.07) is 0. The van der Waals surface area contributed by atoms with Gasteiger partial charge in [0.15, 0.2) is 0 Å². The normalized spacial score (nSPS) is 21.8. The SMILES string of the molecule is BrB(Br)[C]1[CH][CH][CH][CH]1. The molecule has 0 amide bonds. The van der Waals surface area contributed by atoms with E-state index < -0.39 is 0 Å². The van der Waals surface area contributed by atoms with Crippen molar-refractivity contribution in [3.8, 4) is 0 Å². The third kappa shape index (κ3) is 1.76. The second-order valence-corrected chi connectivity index (χ2v) is 4.58. The average Bonchev–Trinajstić information content (AvgIpc) is 2.12. The van der Waals surface area contributed by atoms with Crippen molar-refractivity contribution < 1.29 is 0 Å². The van der Waals surface area contributed by atoms with E-state index in [2.05, 4.69) is 44.4 Å². The van der Waals surface area contributed by atoms with Crippen LogP contribution in [0.3, 0.4) is 0 Å². The highest BCUT2D eigenvalue weighted by atomic mass is 79.9. The topological polar surface area (TPSA) is 0 Å². The fourth-order valence-electron chi connectivity index (χ4n) is 0.534. The molecule has 0 unspecified atom stereocenters. The Hall–Kier alpha value is 1.02. The predicted octanol–water partition coefficient (Wildman–Crippen LogP) is 2.21. The maximum absolute atomic E-state index is 3.38. The number of hydrogen-bond donors (Lipinski definition) is 0. The van der Waals surface area contributed by atoms with Crippen LogP contribution in [-0.4, -0.2) is 4.36 Å². The molecule has 0 atom stereocenters. The molecule has 0 saturated heterocycles. The van der Waals surface area contributed by atoms with E-state index in [0.717, 1.165) is 0 Å². The zero-order valence-corrected chi connectivity index (χ0v) is 7.31. The largest absolute Gasteiger partial charge is 0.305 e. The molecule has 0 bridgehead atoms. The van der Waals surface area contributed by atoms with Gasteiger partial charge >= 0.3 is 4.36 Å². The standard InChI is InChI=1S/C5H4BBr2/c7-6(8)5-3-1-2-4-5/h1-4H. The summed E-state index contributed by atoms with van der Waals surface area (Å²) in [5, 5.41) is 0. The quantitative estimate of drug-likeness (QED) is 0.611. The first-order valence-electron chi connectivity index (χ1n) is 2.30. The molecule has 3 heteroatoms. The van der Waals surface area contributed by atoms with E-state index in [-0.39, 0.29) is 0 Å². The van der Waals surface area contributed by atoms with Crippen LogP contribution in [-0.2, 0) is 0 Å². The molecule has 1 aliphatic rings. The van der Waals surface area contributed by atoms with Crippen molar-refractivity contribution in [1.29, 1.82) is 0 Å². The lowest BCUT2D eigenvalue weighted by molar-refractivity contribution is 1.52. The molecule has 0 aliphatic heterocycles. The molecule has 0 heterocycles. The van der Waals surface area contributed by atoms with Crippen molar-refractivity contribution in [2.45, 2.75) is 0 Å². The summed E-state index contributed by atoms with van der Waals surface area (Å²) in [5.74, 6) is 1.27. The van der Waals surface area contributed by atoms with E-state index in [1.165, 1.54) is 5.82 Å². The summed E-state index contributed by atoms with van der Waals surface area (Å²) in [6.45, 7) is 0. The second kappa shape index (κ2) is 3.26. The van der Waals surface area contributed by atoms with Gasteiger partial charge in [-0.2, -0.15) is 0 Å². The van der Waals surface area contributed by atoms with E-state index in [1.54, 1.807) is 0 Å². The van der Waals surface area contributed by atoms with Crippen LogP contribution in [0.2, 0.25) is 0 Å². The molecule has 0 N–H and O–H groups in total. The molecule has 0 aromatic heterocycles. The van der Waals surface area contributed by atoms with Gasteiger partial charge in [0.2, 0.25) is 0 Å². The van der Waals surface area contributed by atoms with Gasteiger partial charge in [-0.1, -0.05) is 0 Å². The lowest BCUT2D eigenvalue weighted by atomic mass is 9.85. The zero-order chi connectivity index (χ0) is 5.98. The summed E-state index contributed by atoms with van der Waals surface area (Å²) >= 11 is 6.76. The van der Waals surface area contributed by atoms with Crippen LogP contribution in [0.25, 0.3) is 0 Å². The number of rotatable bonds is 1. The molecule has 41 valence electrons. The summed E-state index contributed by atoms with van der Waals surface area (Å²) in [4.78, 5) is 0. The minimum atomic E-state index is 0.310. The summed E-state index contributed by atoms with van der Waals surface area (Å²) in [6.07, 6.45) is 8.16. The molecule has 8 heavy (non-hydrogen) atoms. The third-order valence-corrected chi connectivity index (χ3v) is 2.00. The Morgan fingerprint density at radius 1 is 1.12 bits per heavy atom. The highest BCUT2D eigenvalue weighted by Gasteiger charge is 2.24. The van der Waals surface area contributed by atoms with Crippen molar-refractivity contribution in [1.82, 2.24) is 0 Å². The highest BCUT2D eigenvalue weighted by Crippen LogP contribution is 2.30. The van der Waals surface area contributed by atoms with Crippen LogP contribution in [0.4, 0.5) is 0 Å². The van der Waals surface area contributed by atoms with E-state index in [0.29, 0.717) is 4.36 Å². The van der Waals surface area contributed by atoms with Crippen molar-refractivity contribution in [2.75, 3.05) is 0 Å². The van der Waals surface area contributed by atoms with Crippen LogP contribution in [0.1, 0.15) is 0 Å². The van der Waals surface area contributed by atoms with E-state index >= 15 is 0 Å². The van der Waals surface area contributed by atoms with Crippen LogP contribution in [0.5, 0.6) is 0 Å². The lowest BCUT2D eigenvalue weighted by Gasteiger charge is -2.02. The fraction of sp³-hybridized carbons (Fsp3) is 0. The van der Waals surface area contributed by atoms with Crippen LogP contribution in [0, 0.1) is 31.5 Å². The third-order valence-electron chi connectivity index (χ3n) is 0.940. The Morgan fingerprint density at radius 2 is 1.62 bits per heavy atom. The Balaban J connectivity index is 2.24. The van der Waals surface area contributed by atoms with Crippen molar-refractivity contribution in [2.24, 2.45) is 0 Å². The first kappa shape index (κ1) is 7.14. The molecular formula is C5H4BBr2. The van der Waals surface area contributed by atoms with Gasteiger partial charge in [-0.3, -0.25) is 0 Å². The Labute approximate surface area is 67.4 Å². The predicted molar refractivity (Wildman–Crippen MR) is 44.1 cm³/mol. The molecule has 1 fully saturated rings. The fourth-order valence-corrected chi connectivity index (χ4v) is 1.14. The van der Waals surface area contributed by atoms with Gasteiger partial charge < -0.3 is 0 Å². The summed E-state index contributed by atoms with van der Waals surface area (Å²) in [5.41, 5.74) is 0. The van der Waals surface area contributed by atoms with Crippen molar-refractivity contribution >= 4 is 35.9 Å². The van der Waals surface area contributed by atoms with Crippen molar-refractivity contribution in [3.05, 3.63) is 31.5 Å². The minimum absolute atomic E-state index is 0.310. The molecular weight excluding hydrogens is 231 g/mol. The lowest BCUT2D eigenvalue weighted by Crippen LogP contribution is -2.05. The van der Waals surface area contributed by atoms with Crippen LogP contribution >= 0.6 is 31.5 Å².